The molecule has 250 valence electrons. The van der Waals surface area contributed by atoms with Gasteiger partial charge in [0.25, 0.3) is 0 Å². The fourth-order valence-electron chi connectivity index (χ4n) is 7.89. The van der Waals surface area contributed by atoms with Gasteiger partial charge in [-0.05, 0) is 74.6 Å². The molecule has 0 bridgehead atoms. The summed E-state index contributed by atoms with van der Waals surface area (Å²) < 4.78 is 25.8. The van der Waals surface area contributed by atoms with Crippen molar-refractivity contribution < 1.29 is 28.6 Å². The summed E-state index contributed by atoms with van der Waals surface area (Å²) in [4.78, 5) is 41.8. The van der Waals surface area contributed by atoms with Gasteiger partial charge in [0.2, 0.25) is 5.91 Å². The molecule has 11 heteroatoms. The van der Waals surface area contributed by atoms with Crippen LogP contribution >= 0.6 is 0 Å². The van der Waals surface area contributed by atoms with Crippen LogP contribution in [0.2, 0.25) is 0 Å². The molecule has 0 saturated carbocycles. The number of aromatic nitrogens is 2. The predicted molar refractivity (Wildman–Crippen MR) is 177 cm³/mol. The number of nitrogens with zero attached hydrogens (tertiary/aromatic N) is 5. The smallest absolute Gasteiger partial charge is 0.306 e. The first-order chi connectivity index (χ1) is 22.6. The van der Waals surface area contributed by atoms with E-state index < -0.39 is 11.4 Å². The van der Waals surface area contributed by atoms with Crippen molar-refractivity contribution in [3.05, 3.63) is 77.5 Å². The molecule has 47 heavy (non-hydrogen) atoms. The minimum Gasteiger partial charge on any atom is -0.497 e. The Labute approximate surface area is 275 Å². The van der Waals surface area contributed by atoms with E-state index in [0.717, 1.165) is 28.4 Å². The zero-order valence-corrected chi connectivity index (χ0v) is 27.6. The number of carboxylic acids is 1. The Morgan fingerprint density at radius 3 is 2.45 bits per heavy atom. The van der Waals surface area contributed by atoms with Gasteiger partial charge in [-0.15, -0.1) is 0 Å². The van der Waals surface area contributed by atoms with Gasteiger partial charge in [-0.25, -0.2) is 14.4 Å². The standard InChI is InChI=1S/C36H44FN5O5/c1-23-38-14-11-33(39-23)41-20-31(24-5-8-29(47-4)9-6-24)36(2,22-41)35(45)42-19-26(17-28(42)21-46-3)30-10-7-27(37)18-32(30)40-15-12-25(13-16-40)34(43)44/h5-11,14,18,25-26,28,31H,12-13,15-17,19-22H2,1-4H3,(H,43,44)/t26-,28+,31+,36-/m1/s1. The summed E-state index contributed by atoms with van der Waals surface area (Å²) in [6, 6.07) is 14.6. The van der Waals surface area contributed by atoms with Gasteiger partial charge in [-0.3, -0.25) is 9.59 Å². The van der Waals surface area contributed by atoms with Crippen LogP contribution in [0.4, 0.5) is 15.9 Å². The Morgan fingerprint density at radius 1 is 1.04 bits per heavy atom. The van der Waals surface area contributed by atoms with Crippen LogP contribution in [0, 0.1) is 24.1 Å². The summed E-state index contributed by atoms with van der Waals surface area (Å²) >= 11 is 0. The van der Waals surface area contributed by atoms with Gasteiger partial charge < -0.3 is 29.3 Å². The molecule has 3 aliphatic heterocycles. The van der Waals surface area contributed by atoms with Gasteiger partial charge >= 0.3 is 5.97 Å². The number of carbonyl (C=O) groups is 2. The molecule has 1 aromatic heterocycles. The molecule has 3 aliphatic rings. The van der Waals surface area contributed by atoms with Gasteiger partial charge in [-0.2, -0.15) is 0 Å². The van der Waals surface area contributed by atoms with Crippen LogP contribution in [0.25, 0.3) is 0 Å². The van der Waals surface area contributed by atoms with Crippen molar-refractivity contribution in [2.24, 2.45) is 11.3 Å². The summed E-state index contributed by atoms with van der Waals surface area (Å²) in [7, 11) is 3.30. The first kappa shape index (κ1) is 32.7. The van der Waals surface area contributed by atoms with Crippen molar-refractivity contribution in [1.29, 1.82) is 0 Å². The maximum Gasteiger partial charge on any atom is 0.306 e. The second kappa shape index (κ2) is 13.5. The lowest BCUT2D eigenvalue weighted by Crippen LogP contribution is -2.49. The first-order valence-electron chi connectivity index (χ1n) is 16.4. The molecule has 3 saturated heterocycles. The third kappa shape index (κ3) is 6.50. The third-order valence-corrected chi connectivity index (χ3v) is 10.4. The Morgan fingerprint density at radius 2 is 1.79 bits per heavy atom. The van der Waals surface area contributed by atoms with Gasteiger partial charge in [0.05, 0.1) is 31.1 Å². The highest BCUT2D eigenvalue weighted by molar-refractivity contribution is 5.86. The number of carbonyl (C=O) groups excluding carboxylic acids is 1. The molecule has 10 nitrogen and oxygen atoms in total. The highest BCUT2D eigenvalue weighted by Crippen LogP contribution is 2.48. The van der Waals surface area contributed by atoms with E-state index in [0.29, 0.717) is 64.4 Å². The average molecular weight is 646 g/mol. The maximum atomic E-state index is 15.0. The molecule has 0 spiro atoms. The van der Waals surface area contributed by atoms with Crippen LogP contribution in [-0.2, 0) is 14.3 Å². The number of anilines is 2. The van der Waals surface area contributed by atoms with Gasteiger partial charge in [0.1, 0.15) is 23.2 Å². The van der Waals surface area contributed by atoms with Crippen molar-refractivity contribution in [3.8, 4) is 5.75 Å². The number of piperidine rings is 1. The number of likely N-dealkylation sites (tertiary alicyclic amines) is 1. The highest BCUT2D eigenvalue weighted by atomic mass is 19.1. The van der Waals surface area contributed by atoms with Crippen molar-refractivity contribution in [2.75, 3.05) is 63.4 Å². The van der Waals surface area contributed by atoms with Crippen molar-refractivity contribution in [1.82, 2.24) is 14.9 Å². The van der Waals surface area contributed by atoms with Crippen LogP contribution in [0.1, 0.15) is 55.0 Å². The Bertz CT molecular complexity index is 1600. The number of carboxylic acid groups (broad SMARTS) is 1. The molecule has 1 N–H and O–H groups in total. The lowest BCUT2D eigenvalue weighted by molar-refractivity contribution is -0.143. The number of halogens is 1. The van der Waals surface area contributed by atoms with E-state index >= 15 is 0 Å². The van der Waals surface area contributed by atoms with Crippen LogP contribution in [0.15, 0.2) is 54.7 Å². The van der Waals surface area contributed by atoms with Gasteiger partial charge in [-0.1, -0.05) is 18.2 Å². The monoisotopic (exact) mass is 645 g/mol. The van der Waals surface area contributed by atoms with E-state index in [1.165, 1.54) is 6.07 Å². The molecular formula is C36H44FN5O5. The maximum absolute atomic E-state index is 15.0. The van der Waals surface area contributed by atoms with Gasteiger partial charge in [0.15, 0.2) is 0 Å². The van der Waals surface area contributed by atoms with Crippen LogP contribution < -0.4 is 14.5 Å². The van der Waals surface area contributed by atoms with E-state index in [1.807, 2.05) is 48.2 Å². The number of ether oxygens (including phenoxy) is 2. The van der Waals surface area contributed by atoms with E-state index in [2.05, 4.69) is 26.7 Å². The lowest BCUT2D eigenvalue weighted by Gasteiger charge is -2.36. The number of hydrogen-bond acceptors (Lipinski definition) is 8. The van der Waals surface area contributed by atoms with Crippen LogP contribution in [0.3, 0.4) is 0 Å². The number of aliphatic carboxylic acids is 1. The molecule has 0 unspecified atom stereocenters. The quantitative estimate of drug-likeness (QED) is 0.349. The van der Waals surface area contributed by atoms with E-state index in [4.69, 9.17) is 9.47 Å². The summed E-state index contributed by atoms with van der Waals surface area (Å²) in [6.07, 6.45) is 3.46. The topological polar surface area (TPSA) is 108 Å². The Balaban J connectivity index is 1.31. The third-order valence-electron chi connectivity index (χ3n) is 10.4. The molecular weight excluding hydrogens is 601 g/mol. The molecule has 1 amide bonds. The Kier molecular flexibility index (Phi) is 9.36. The average Bonchev–Trinajstić information content (AvgIpc) is 3.66. The van der Waals surface area contributed by atoms with Crippen molar-refractivity contribution >= 4 is 23.4 Å². The normalized spacial score (nSPS) is 25.0. The van der Waals surface area contributed by atoms with Gasteiger partial charge in [0, 0.05) is 63.6 Å². The number of amides is 1. The molecule has 0 radical (unpaired) electrons. The first-order valence-corrected chi connectivity index (χ1v) is 16.4. The number of rotatable bonds is 9. The fraction of sp³-hybridized carbons (Fsp3) is 0.500. The number of hydrogen-bond donors (Lipinski definition) is 1. The highest BCUT2D eigenvalue weighted by Gasteiger charge is 2.53. The summed E-state index contributed by atoms with van der Waals surface area (Å²) in [6.45, 7) is 6.99. The summed E-state index contributed by atoms with van der Waals surface area (Å²) in [5.74, 6) is 0.645. The van der Waals surface area contributed by atoms with Crippen LogP contribution in [0.5, 0.6) is 5.75 Å². The molecule has 4 heterocycles. The molecule has 2 aromatic carbocycles. The molecule has 6 rings (SSSR count). The lowest BCUT2D eigenvalue weighted by atomic mass is 9.74. The minimum absolute atomic E-state index is 0.0306. The van der Waals surface area contributed by atoms with E-state index in [-0.39, 0.29) is 35.5 Å². The van der Waals surface area contributed by atoms with Crippen LogP contribution in [-0.4, -0.2) is 91.4 Å². The SMILES string of the molecule is COC[C@@H]1C[C@@H](c2ccc(F)cc2N2CCC(C(=O)O)CC2)CN1C(=O)[C@]1(C)CN(c2ccnc(C)n2)C[C@H]1c1ccc(OC)cc1. The second-order valence-electron chi connectivity index (χ2n) is 13.4. The minimum atomic E-state index is -0.779. The number of benzene rings is 2. The number of methoxy groups -OCH3 is 2. The zero-order chi connectivity index (χ0) is 33.3. The Hall–Kier alpha value is -4.25. The summed E-state index contributed by atoms with van der Waals surface area (Å²) in [5.41, 5.74) is 2.05. The van der Waals surface area contributed by atoms with E-state index in [1.54, 1.807) is 26.5 Å². The molecule has 3 fully saturated rings. The largest absolute Gasteiger partial charge is 0.497 e. The van der Waals surface area contributed by atoms with Crippen molar-refractivity contribution in [2.45, 2.75) is 51.0 Å². The predicted octanol–water partition coefficient (Wildman–Crippen LogP) is 4.87. The molecule has 0 aliphatic carbocycles. The summed E-state index contributed by atoms with van der Waals surface area (Å²) in [5, 5.41) is 9.50. The molecule has 4 atom stereocenters. The zero-order valence-electron chi connectivity index (χ0n) is 27.6. The second-order valence-corrected chi connectivity index (χ2v) is 13.4. The van der Waals surface area contributed by atoms with Crippen molar-refractivity contribution in [3.63, 3.8) is 0 Å². The fourth-order valence-corrected chi connectivity index (χ4v) is 7.89. The number of aryl methyl sites for hydroxylation is 1. The van der Waals surface area contributed by atoms with E-state index in [9.17, 15) is 19.1 Å². The molecule has 3 aromatic rings.